The van der Waals surface area contributed by atoms with E-state index in [0.29, 0.717) is 18.1 Å². The molecule has 0 bridgehead atoms. The van der Waals surface area contributed by atoms with E-state index in [1.807, 2.05) is 18.5 Å². The lowest BCUT2D eigenvalue weighted by molar-refractivity contribution is 0.352. The van der Waals surface area contributed by atoms with E-state index in [9.17, 15) is 0 Å². The maximum Gasteiger partial charge on any atom is 0.225 e. The minimum absolute atomic E-state index is 0.555. The van der Waals surface area contributed by atoms with Gasteiger partial charge in [0.25, 0.3) is 0 Å². The fourth-order valence-corrected chi connectivity index (χ4v) is 3.60. The zero-order valence-electron chi connectivity index (χ0n) is 13.0. The summed E-state index contributed by atoms with van der Waals surface area (Å²) in [5.41, 5.74) is 0. The Morgan fingerprint density at radius 2 is 2.19 bits per heavy atom. The van der Waals surface area contributed by atoms with Crippen molar-refractivity contribution in [2.45, 2.75) is 57.2 Å². The van der Waals surface area contributed by atoms with Gasteiger partial charge < -0.3 is 15.5 Å². The lowest BCUT2D eigenvalue weighted by atomic mass is 10.0. The van der Waals surface area contributed by atoms with Gasteiger partial charge in [0.15, 0.2) is 0 Å². The second-order valence-electron chi connectivity index (χ2n) is 6.43. The van der Waals surface area contributed by atoms with Crippen molar-refractivity contribution in [2.24, 2.45) is 0 Å². The molecular formula is C16H27N5. The molecule has 5 nitrogen and oxygen atoms in total. The van der Waals surface area contributed by atoms with Crippen molar-refractivity contribution in [3.05, 3.63) is 18.5 Å². The number of piperidine rings is 1. The van der Waals surface area contributed by atoms with E-state index in [1.165, 1.54) is 38.6 Å². The maximum atomic E-state index is 4.38. The Hall–Kier alpha value is -1.20. The van der Waals surface area contributed by atoms with Gasteiger partial charge in [-0.05, 0) is 51.6 Å². The van der Waals surface area contributed by atoms with Gasteiger partial charge in [0, 0.05) is 43.6 Å². The van der Waals surface area contributed by atoms with Crippen molar-refractivity contribution in [2.75, 3.05) is 24.5 Å². The van der Waals surface area contributed by atoms with E-state index in [0.717, 1.165) is 19.0 Å². The van der Waals surface area contributed by atoms with Gasteiger partial charge in [-0.1, -0.05) is 0 Å². The zero-order chi connectivity index (χ0) is 14.5. The van der Waals surface area contributed by atoms with Crippen LogP contribution in [0.5, 0.6) is 0 Å². The Balaban J connectivity index is 1.49. The van der Waals surface area contributed by atoms with Crippen molar-refractivity contribution in [3.8, 4) is 0 Å². The van der Waals surface area contributed by atoms with E-state index in [1.54, 1.807) is 0 Å². The smallest absolute Gasteiger partial charge is 0.225 e. The molecule has 1 aromatic heterocycles. The lowest BCUT2D eigenvalue weighted by Crippen LogP contribution is -2.49. The summed E-state index contributed by atoms with van der Waals surface area (Å²) in [6.07, 6.45) is 10.0. The molecule has 21 heavy (non-hydrogen) atoms. The summed E-state index contributed by atoms with van der Waals surface area (Å²) in [6.45, 7) is 5.60. The number of anilines is 1. The summed E-state index contributed by atoms with van der Waals surface area (Å²) in [5.74, 6) is 0.870. The summed E-state index contributed by atoms with van der Waals surface area (Å²) >= 11 is 0. The van der Waals surface area contributed by atoms with Gasteiger partial charge in [-0.3, -0.25) is 0 Å². The first-order valence-electron chi connectivity index (χ1n) is 8.32. The van der Waals surface area contributed by atoms with E-state index >= 15 is 0 Å². The molecule has 1 aromatic rings. The Morgan fingerprint density at radius 1 is 1.33 bits per heavy atom. The highest BCUT2D eigenvalue weighted by Gasteiger charge is 2.24. The van der Waals surface area contributed by atoms with Crippen molar-refractivity contribution in [1.82, 2.24) is 20.6 Å². The van der Waals surface area contributed by atoms with Crippen LogP contribution in [-0.4, -0.2) is 47.7 Å². The van der Waals surface area contributed by atoms with Crippen LogP contribution >= 0.6 is 0 Å². The quantitative estimate of drug-likeness (QED) is 0.862. The SMILES string of the molecule is CC(CC1CCCN1)NC1CCCN(c2ncccn2)C1. The van der Waals surface area contributed by atoms with Crippen LogP contribution in [-0.2, 0) is 0 Å². The third-order valence-corrected chi connectivity index (χ3v) is 4.58. The number of hydrogen-bond acceptors (Lipinski definition) is 5. The fourth-order valence-electron chi connectivity index (χ4n) is 3.60. The summed E-state index contributed by atoms with van der Waals surface area (Å²) in [6, 6.07) is 3.71. The van der Waals surface area contributed by atoms with Crippen molar-refractivity contribution in [3.63, 3.8) is 0 Å². The summed E-state index contributed by atoms with van der Waals surface area (Å²) in [5, 5.41) is 7.40. The third kappa shape index (κ3) is 4.14. The maximum absolute atomic E-state index is 4.38. The summed E-state index contributed by atoms with van der Waals surface area (Å²) < 4.78 is 0. The molecular weight excluding hydrogens is 262 g/mol. The molecule has 2 fully saturated rings. The molecule has 3 unspecified atom stereocenters. The molecule has 0 saturated carbocycles. The number of nitrogens with zero attached hydrogens (tertiary/aromatic N) is 3. The van der Waals surface area contributed by atoms with Gasteiger partial charge in [0.2, 0.25) is 5.95 Å². The second-order valence-corrected chi connectivity index (χ2v) is 6.43. The normalized spacial score (nSPS) is 27.8. The molecule has 0 aliphatic carbocycles. The van der Waals surface area contributed by atoms with Crippen LogP contribution in [0.3, 0.4) is 0 Å². The molecule has 0 amide bonds. The van der Waals surface area contributed by atoms with Crippen LogP contribution in [0.1, 0.15) is 39.0 Å². The molecule has 116 valence electrons. The molecule has 3 heterocycles. The first kappa shape index (κ1) is 14.7. The van der Waals surface area contributed by atoms with Gasteiger partial charge in [-0.2, -0.15) is 0 Å². The Morgan fingerprint density at radius 3 is 2.95 bits per heavy atom. The van der Waals surface area contributed by atoms with E-state index < -0.39 is 0 Å². The predicted octanol–water partition coefficient (Wildman–Crippen LogP) is 1.57. The molecule has 0 radical (unpaired) electrons. The third-order valence-electron chi connectivity index (χ3n) is 4.58. The highest BCUT2D eigenvalue weighted by molar-refractivity contribution is 5.29. The summed E-state index contributed by atoms with van der Waals surface area (Å²) in [4.78, 5) is 11.1. The molecule has 5 heteroatoms. The second kappa shape index (κ2) is 7.18. The van der Waals surface area contributed by atoms with Gasteiger partial charge in [0.05, 0.1) is 0 Å². The monoisotopic (exact) mass is 289 g/mol. The van der Waals surface area contributed by atoms with Crippen LogP contribution in [0.25, 0.3) is 0 Å². The highest BCUT2D eigenvalue weighted by Crippen LogP contribution is 2.17. The highest BCUT2D eigenvalue weighted by atomic mass is 15.3. The van der Waals surface area contributed by atoms with Crippen LogP contribution in [0.2, 0.25) is 0 Å². The molecule has 0 aromatic carbocycles. The van der Waals surface area contributed by atoms with Crippen LogP contribution in [0.4, 0.5) is 5.95 Å². The van der Waals surface area contributed by atoms with Crippen LogP contribution in [0, 0.1) is 0 Å². The first-order chi connectivity index (χ1) is 10.3. The molecule has 2 aliphatic rings. The van der Waals surface area contributed by atoms with Crippen molar-refractivity contribution >= 4 is 5.95 Å². The predicted molar refractivity (Wildman–Crippen MR) is 85.5 cm³/mol. The lowest BCUT2D eigenvalue weighted by Gasteiger charge is -2.35. The number of hydrogen-bond donors (Lipinski definition) is 2. The van der Waals surface area contributed by atoms with E-state index in [-0.39, 0.29) is 0 Å². The topological polar surface area (TPSA) is 53.1 Å². The van der Waals surface area contributed by atoms with E-state index in [4.69, 9.17) is 0 Å². The van der Waals surface area contributed by atoms with Gasteiger partial charge in [-0.15, -0.1) is 0 Å². The Kier molecular flexibility index (Phi) is 5.04. The minimum Gasteiger partial charge on any atom is -0.339 e. The number of rotatable bonds is 5. The molecule has 2 N–H and O–H groups in total. The molecule has 2 aliphatic heterocycles. The van der Waals surface area contributed by atoms with Gasteiger partial charge in [0.1, 0.15) is 0 Å². The molecule has 2 saturated heterocycles. The average molecular weight is 289 g/mol. The van der Waals surface area contributed by atoms with E-state index in [2.05, 4.69) is 32.4 Å². The number of aromatic nitrogens is 2. The van der Waals surface area contributed by atoms with Crippen LogP contribution in [0.15, 0.2) is 18.5 Å². The fraction of sp³-hybridized carbons (Fsp3) is 0.750. The first-order valence-corrected chi connectivity index (χ1v) is 8.32. The van der Waals surface area contributed by atoms with Gasteiger partial charge in [-0.25, -0.2) is 9.97 Å². The standard InChI is InChI=1S/C16H27N5/c1-13(11-14-5-2-7-17-14)20-15-6-3-10-21(12-15)16-18-8-4-9-19-16/h4,8-9,13-15,17,20H,2-3,5-7,10-12H2,1H3. The Bertz CT molecular complexity index is 418. The largest absolute Gasteiger partial charge is 0.339 e. The van der Waals surface area contributed by atoms with Gasteiger partial charge >= 0.3 is 0 Å². The zero-order valence-corrected chi connectivity index (χ0v) is 13.0. The molecule has 3 rings (SSSR count). The number of nitrogens with one attached hydrogen (secondary N) is 2. The van der Waals surface area contributed by atoms with Crippen molar-refractivity contribution in [1.29, 1.82) is 0 Å². The summed E-state index contributed by atoms with van der Waals surface area (Å²) in [7, 11) is 0. The molecule has 0 spiro atoms. The van der Waals surface area contributed by atoms with Crippen molar-refractivity contribution < 1.29 is 0 Å². The average Bonchev–Trinajstić information content (AvgIpc) is 3.01. The Labute approximate surface area is 127 Å². The van der Waals surface area contributed by atoms with Crippen LogP contribution < -0.4 is 15.5 Å². The minimum atomic E-state index is 0.555. The molecule has 3 atom stereocenters.